The number of aromatic amines is 1. The number of aromatic nitrogens is 3. The van der Waals surface area contributed by atoms with Crippen LogP contribution in [-0.2, 0) is 0 Å². The van der Waals surface area contributed by atoms with Crippen LogP contribution in [-0.4, -0.2) is 26.5 Å². The van der Waals surface area contributed by atoms with Crippen molar-refractivity contribution in [2.75, 3.05) is 0 Å². The van der Waals surface area contributed by atoms with Crippen LogP contribution in [0.15, 0.2) is 42.5 Å². The van der Waals surface area contributed by atoms with Crippen LogP contribution in [0.4, 0.5) is 0 Å². The van der Waals surface area contributed by atoms with Gasteiger partial charge in [-0.15, -0.1) is 0 Å². The van der Waals surface area contributed by atoms with Gasteiger partial charge in [0.15, 0.2) is 0 Å². The van der Waals surface area contributed by atoms with Gasteiger partial charge in [0.1, 0.15) is 5.75 Å². The van der Waals surface area contributed by atoms with E-state index in [-0.39, 0.29) is 11.6 Å². The van der Waals surface area contributed by atoms with Gasteiger partial charge in [0.2, 0.25) is 5.69 Å². The number of carboxylic acid groups (broad SMARTS) is 1. The van der Waals surface area contributed by atoms with Gasteiger partial charge in [0, 0.05) is 0 Å². The van der Waals surface area contributed by atoms with E-state index < -0.39 is 5.97 Å². The number of carboxylic acids is 1. The zero-order valence-electron chi connectivity index (χ0n) is 11.5. The van der Waals surface area contributed by atoms with Gasteiger partial charge in [-0.05, 0) is 35.4 Å². The lowest BCUT2D eigenvalue weighted by atomic mass is 10.1. The van der Waals surface area contributed by atoms with E-state index >= 15 is 0 Å². The number of halogens is 2. The molecule has 0 amide bonds. The molecule has 0 unspecified atom stereocenters. The lowest BCUT2D eigenvalue weighted by Crippen LogP contribution is -1.99. The maximum Gasteiger partial charge on any atom is 0.359 e. The van der Waals surface area contributed by atoms with Crippen molar-refractivity contribution in [3.8, 4) is 22.8 Å². The van der Waals surface area contributed by atoms with Crippen LogP contribution in [0.3, 0.4) is 0 Å². The predicted molar refractivity (Wildman–Crippen MR) is 85.3 cm³/mol. The van der Waals surface area contributed by atoms with Crippen LogP contribution in [0, 0.1) is 0 Å². The minimum absolute atomic E-state index is 0.0974. The fourth-order valence-electron chi connectivity index (χ4n) is 1.93. The number of ether oxygens (including phenoxy) is 1. The molecule has 1 heterocycles. The number of aromatic carboxylic acids is 1. The first-order valence-corrected chi connectivity index (χ1v) is 7.18. The molecule has 23 heavy (non-hydrogen) atoms. The molecule has 0 aliphatic carbocycles. The monoisotopic (exact) mass is 349 g/mol. The molecule has 6 nitrogen and oxygen atoms in total. The van der Waals surface area contributed by atoms with Gasteiger partial charge in [0.05, 0.1) is 10.0 Å². The molecule has 0 bridgehead atoms. The number of nitrogens with zero attached hydrogens (tertiary/aromatic N) is 2. The first-order chi connectivity index (χ1) is 11.0. The van der Waals surface area contributed by atoms with E-state index in [1.807, 2.05) is 18.2 Å². The summed E-state index contributed by atoms with van der Waals surface area (Å²) < 4.78 is 5.41. The number of rotatable bonds is 4. The molecular weight excluding hydrogens is 341 g/mol. The van der Waals surface area contributed by atoms with Crippen LogP contribution in [0.1, 0.15) is 10.5 Å². The highest BCUT2D eigenvalue weighted by Gasteiger charge is 2.16. The average Bonchev–Trinajstić information content (AvgIpc) is 2.99. The summed E-state index contributed by atoms with van der Waals surface area (Å²) in [5, 5.41) is 19.2. The molecule has 0 aliphatic rings. The zero-order valence-corrected chi connectivity index (χ0v) is 13.0. The Kier molecular flexibility index (Phi) is 4.18. The molecule has 1 aromatic heterocycles. The highest BCUT2D eigenvalue weighted by atomic mass is 35.5. The summed E-state index contributed by atoms with van der Waals surface area (Å²) >= 11 is 11.9. The van der Waals surface area contributed by atoms with Gasteiger partial charge in [-0.25, -0.2) is 9.89 Å². The van der Waals surface area contributed by atoms with E-state index in [4.69, 9.17) is 33.0 Å². The van der Waals surface area contributed by atoms with Gasteiger partial charge in [-0.1, -0.05) is 51.7 Å². The molecule has 3 aromatic rings. The normalized spacial score (nSPS) is 10.5. The quantitative estimate of drug-likeness (QED) is 0.734. The average molecular weight is 350 g/mol. The summed E-state index contributed by atoms with van der Waals surface area (Å²) in [4.78, 5) is 11.0. The largest absolute Gasteiger partial charge is 0.476 e. The molecule has 0 saturated heterocycles. The van der Waals surface area contributed by atoms with E-state index in [1.165, 1.54) is 0 Å². The molecule has 2 N–H and O–H groups in total. The van der Waals surface area contributed by atoms with Crippen LogP contribution < -0.4 is 4.74 Å². The zero-order chi connectivity index (χ0) is 16.4. The van der Waals surface area contributed by atoms with E-state index in [0.717, 1.165) is 11.1 Å². The highest BCUT2D eigenvalue weighted by Crippen LogP contribution is 2.30. The first kappa shape index (κ1) is 15.3. The Morgan fingerprint density at radius 2 is 1.74 bits per heavy atom. The number of hydrogen-bond acceptors (Lipinski definition) is 4. The van der Waals surface area contributed by atoms with Crippen molar-refractivity contribution in [1.82, 2.24) is 15.4 Å². The topological polar surface area (TPSA) is 88.1 Å². The second-order valence-corrected chi connectivity index (χ2v) is 5.37. The van der Waals surface area contributed by atoms with Gasteiger partial charge in [-0.3, -0.25) is 0 Å². The Morgan fingerprint density at radius 3 is 2.39 bits per heavy atom. The smallest absolute Gasteiger partial charge is 0.359 e. The summed E-state index contributed by atoms with van der Waals surface area (Å²) in [7, 11) is 0. The Bertz CT molecular complexity index is 863. The molecule has 0 aliphatic heterocycles. The van der Waals surface area contributed by atoms with Crippen LogP contribution in [0.2, 0.25) is 10.0 Å². The fourth-order valence-corrected chi connectivity index (χ4v) is 2.23. The van der Waals surface area contributed by atoms with Crippen molar-refractivity contribution >= 4 is 29.2 Å². The molecule has 0 radical (unpaired) electrons. The molecule has 116 valence electrons. The lowest BCUT2D eigenvalue weighted by Gasteiger charge is -2.06. The third-order valence-electron chi connectivity index (χ3n) is 3.05. The van der Waals surface area contributed by atoms with Gasteiger partial charge in [0.25, 0.3) is 5.88 Å². The third kappa shape index (κ3) is 3.28. The summed E-state index contributed by atoms with van der Waals surface area (Å²) in [6.45, 7) is 0. The standard InChI is InChI=1S/C15H9Cl2N3O3/c16-11-6-3-9(7-12(11)17)8-1-4-10(5-2-8)23-14-13(15(21)22)18-20-19-14/h1-7H,(H,21,22)(H,18,19,20). The SMILES string of the molecule is O=C(O)c1[nH]nnc1Oc1ccc(-c2ccc(Cl)c(Cl)c2)cc1. The summed E-state index contributed by atoms with van der Waals surface area (Å²) in [6, 6.07) is 12.4. The van der Waals surface area contributed by atoms with Crippen molar-refractivity contribution in [3.05, 3.63) is 58.2 Å². The lowest BCUT2D eigenvalue weighted by molar-refractivity contribution is 0.0687. The van der Waals surface area contributed by atoms with E-state index in [1.54, 1.807) is 24.3 Å². The number of H-pyrrole nitrogens is 1. The van der Waals surface area contributed by atoms with Crippen LogP contribution in [0.5, 0.6) is 11.6 Å². The molecule has 0 fully saturated rings. The minimum Gasteiger partial charge on any atom is -0.476 e. The number of nitrogens with one attached hydrogen (secondary N) is 1. The summed E-state index contributed by atoms with van der Waals surface area (Å²) in [6.07, 6.45) is 0. The van der Waals surface area contributed by atoms with Crippen molar-refractivity contribution < 1.29 is 14.6 Å². The maximum absolute atomic E-state index is 11.0. The van der Waals surface area contributed by atoms with Crippen molar-refractivity contribution in [3.63, 3.8) is 0 Å². The van der Waals surface area contributed by atoms with Gasteiger partial charge in [-0.2, -0.15) is 0 Å². The number of carbonyl (C=O) groups is 1. The fraction of sp³-hybridized carbons (Fsp3) is 0. The number of hydrogen-bond donors (Lipinski definition) is 2. The second-order valence-electron chi connectivity index (χ2n) is 4.55. The van der Waals surface area contributed by atoms with E-state index in [2.05, 4.69) is 15.4 Å². The Balaban J connectivity index is 1.83. The Hall–Kier alpha value is -2.57. The van der Waals surface area contributed by atoms with E-state index in [0.29, 0.717) is 15.8 Å². The minimum atomic E-state index is -1.20. The molecule has 2 aromatic carbocycles. The predicted octanol–water partition coefficient (Wildman–Crippen LogP) is 4.27. The molecule has 3 rings (SSSR count). The van der Waals surface area contributed by atoms with Crippen LogP contribution in [0.25, 0.3) is 11.1 Å². The van der Waals surface area contributed by atoms with Crippen molar-refractivity contribution in [2.45, 2.75) is 0 Å². The van der Waals surface area contributed by atoms with Crippen LogP contribution >= 0.6 is 23.2 Å². The molecule has 0 atom stereocenters. The number of benzene rings is 2. The first-order valence-electron chi connectivity index (χ1n) is 6.42. The van der Waals surface area contributed by atoms with Crippen molar-refractivity contribution in [1.29, 1.82) is 0 Å². The van der Waals surface area contributed by atoms with E-state index in [9.17, 15) is 4.79 Å². The van der Waals surface area contributed by atoms with Crippen molar-refractivity contribution in [2.24, 2.45) is 0 Å². The summed E-state index contributed by atoms with van der Waals surface area (Å²) in [5.41, 5.74) is 1.60. The molecular formula is C15H9Cl2N3O3. The van der Waals surface area contributed by atoms with Gasteiger partial charge >= 0.3 is 5.97 Å². The molecule has 0 spiro atoms. The van der Waals surface area contributed by atoms with Gasteiger partial charge < -0.3 is 9.84 Å². The third-order valence-corrected chi connectivity index (χ3v) is 3.79. The Morgan fingerprint density at radius 1 is 1.04 bits per heavy atom. The maximum atomic E-state index is 11.0. The summed E-state index contributed by atoms with van der Waals surface area (Å²) in [5.74, 6) is -0.859. The molecule has 8 heteroatoms. The Labute approximate surface area is 140 Å². The highest BCUT2D eigenvalue weighted by molar-refractivity contribution is 6.42. The molecule has 0 saturated carbocycles. The second kappa shape index (κ2) is 6.28.